The molecular weight excluding hydrogens is 362 g/mol. The SMILES string of the molecule is C=C(C)c1ccc(C)cc1-c1c(O)cc(CCCCC)c(C(=O)N2CC2C)c1O. The Bertz CT molecular complexity index is 961. The maximum absolute atomic E-state index is 13.1. The van der Waals surface area contributed by atoms with E-state index in [9.17, 15) is 15.0 Å². The average molecular weight is 394 g/mol. The molecule has 3 rings (SSSR count). The molecule has 1 unspecified atom stereocenters. The Morgan fingerprint density at radius 3 is 2.52 bits per heavy atom. The van der Waals surface area contributed by atoms with Crippen LogP contribution in [0.2, 0.25) is 0 Å². The molecule has 1 atom stereocenters. The van der Waals surface area contributed by atoms with Crippen molar-refractivity contribution in [2.24, 2.45) is 0 Å². The third-order valence-electron chi connectivity index (χ3n) is 5.65. The zero-order chi connectivity index (χ0) is 21.3. The molecule has 154 valence electrons. The van der Waals surface area contributed by atoms with Crippen LogP contribution in [-0.2, 0) is 6.42 Å². The summed E-state index contributed by atoms with van der Waals surface area (Å²) < 4.78 is 0. The third kappa shape index (κ3) is 4.16. The number of amides is 1. The molecule has 2 aromatic rings. The van der Waals surface area contributed by atoms with Gasteiger partial charge in [-0.25, -0.2) is 0 Å². The van der Waals surface area contributed by atoms with Crippen molar-refractivity contribution < 1.29 is 15.0 Å². The fraction of sp³-hybridized carbons (Fsp3) is 0.400. The Morgan fingerprint density at radius 2 is 1.93 bits per heavy atom. The summed E-state index contributed by atoms with van der Waals surface area (Å²) in [6.07, 6.45) is 3.66. The van der Waals surface area contributed by atoms with E-state index in [4.69, 9.17) is 0 Å². The van der Waals surface area contributed by atoms with Crippen LogP contribution < -0.4 is 0 Å². The molecule has 2 aromatic carbocycles. The van der Waals surface area contributed by atoms with Crippen molar-refractivity contribution in [2.45, 2.75) is 59.4 Å². The van der Waals surface area contributed by atoms with Gasteiger partial charge in [0.05, 0.1) is 11.1 Å². The Kier molecular flexibility index (Phi) is 6.02. The van der Waals surface area contributed by atoms with Crippen molar-refractivity contribution in [3.63, 3.8) is 0 Å². The maximum Gasteiger partial charge on any atom is 0.258 e. The van der Waals surface area contributed by atoms with E-state index in [0.717, 1.165) is 36.0 Å². The van der Waals surface area contributed by atoms with Crippen LogP contribution in [0.5, 0.6) is 11.5 Å². The Hall–Kier alpha value is -2.75. The molecular formula is C25H31NO3. The number of unbranched alkanes of at least 4 members (excludes halogenated alkanes) is 2. The lowest BCUT2D eigenvalue weighted by Gasteiger charge is -2.19. The smallest absolute Gasteiger partial charge is 0.258 e. The number of allylic oxidation sites excluding steroid dienone is 1. The van der Waals surface area contributed by atoms with Gasteiger partial charge in [0, 0.05) is 12.6 Å². The second kappa shape index (κ2) is 8.32. The van der Waals surface area contributed by atoms with Crippen molar-refractivity contribution in [2.75, 3.05) is 6.54 Å². The summed E-state index contributed by atoms with van der Waals surface area (Å²) in [5, 5.41) is 22.1. The van der Waals surface area contributed by atoms with Crippen LogP contribution in [0.3, 0.4) is 0 Å². The molecule has 1 heterocycles. The second-order valence-electron chi connectivity index (χ2n) is 8.25. The molecule has 4 heteroatoms. The minimum Gasteiger partial charge on any atom is -0.507 e. The number of aryl methyl sites for hydroxylation is 2. The summed E-state index contributed by atoms with van der Waals surface area (Å²) in [5.74, 6) is -0.293. The number of nitrogens with zero attached hydrogens (tertiary/aromatic N) is 1. The van der Waals surface area contributed by atoms with Crippen LogP contribution in [0.15, 0.2) is 30.8 Å². The van der Waals surface area contributed by atoms with E-state index in [1.165, 1.54) is 0 Å². The summed E-state index contributed by atoms with van der Waals surface area (Å²) in [4.78, 5) is 14.9. The first-order valence-electron chi connectivity index (χ1n) is 10.4. The summed E-state index contributed by atoms with van der Waals surface area (Å²) in [7, 11) is 0. The predicted molar refractivity (Wildman–Crippen MR) is 118 cm³/mol. The van der Waals surface area contributed by atoms with E-state index in [2.05, 4.69) is 13.5 Å². The normalized spacial score (nSPS) is 15.4. The van der Waals surface area contributed by atoms with Crippen LogP contribution in [-0.4, -0.2) is 33.6 Å². The number of carbonyl (C=O) groups excluding carboxylic acids is 1. The Labute approximate surface area is 173 Å². The molecule has 0 radical (unpaired) electrons. The van der Waals surface area contributed by atoms with Crippen molar-refractivity contribution >= 4 is 11.5 Å². The number of carbonyl (C=O) groups is 1. The first-order chi connectivity index (χ1) is 13.8. The van der Waals surface area contributed by atoms with Crippen molar-refractivity contribution in [3.8, 4) is 22.6 Å². The summed E-state index contributed by atoms with van der Waals surface area (Å²) in [6, 6.07) is 7.69. The van der Waals surface area contributed by atoms with Crippen molar-refractivity contribution in [1.29, 1.82) is 0 Å². The summed E-state index contributed by atoms with van der Waals surface area (Å²) in [5.41, 5.74) is 4.72. The topological polar surface area (TPSA) is 60.5 Å². The zero-order valence-corrected chi connectivity index (χ0v) is 17.9. The van der Waals surface area contributed by atoms with Crippen LogP contribution in [0, 0.1) is 6.92 Å². The predicted octanol–water partition coefficient (Wildman–Crippen LogP) is 5.68. The van der Waals surface area contributed by atoms with Crippen LogP contribution in [0.25, 0.3) is 16.7 Å². The van der Waals surface area contributed by atoms with E-state index in [1.54, 1.807) is 11.0 Å². The molecule has 1 aliphatic rings. The van der Waals surface area contributed by atoms with Gasteiger partial charge in [-0.2, -0.15) is 0 Å². The minimum atomic E-state index is -0.160. The monoisotopic (exact) mass is 393 g/mol. The number of hydrogen-bond donors (Lipinski definition) is 2. The molecule has 0 spiro atoms. The number of phenolic OH excluding ortho intramolecular Hbond substituents is 2. The summed E-state index contributed by atoms with van der Waals surface area (Å²) in [6.45, 7) is 12.7. The lowest BCUT2D eigenvalue weighted by atomic mass is 9.89. The molecule has 1 saturated heterocycles. The quantitative estimate of drug-likeness (QED) is 0.470. The van der Waals surface area contributed by atoms with E-state index in [-0.39, 0.29) is 23.4 Å². The minimum absolute atomic E-state index is 0.00232. The first kappa shape index (κ1) is 21.0. The van der Waals surface area contributed by atoms with Gasteiger partial charge in [-0.15, -0.1) is 0 Å². The van der Waals surface area contributed by atoms with Gasteiger partial charge in [-0.1, -0.05) is 55.7 Å². The van der Waals surface area contributed by atoms with E-state index >= 15 is 0 Å². The van der Waals surface area contributed by atoms with Crippen LogP contribution in [0.1, 0.15) is 67.1 Å². The standard InChI is InChI=1S/C25H31NO3/c1-6-7-8-9-18-13-21(27)23(20-12-16(4)10-11-19(20)15(2)3)24(28)22(18)25(29)26-14-17(26)5/h10-13,17,27-28H,2,6-9,14H2,1,3-5H3. The maximum atomic E-state index is 13.1. The highest BCUT2D eigenvalue weighted by Crippen LogP contribution is 2.45. The molecule has 2 N–H and O–H groups in total. The molecule has 1 fully saturated rings. The fourth-order valence-electron chi connectivity index (χ4n) is 3.88. The second-order valence-corrected chi connectivity index (χ2v) is 8.25. The highest BCUT2D eigenvalue weighted by molar-refractivity contribution is 6.03. The Balaban J connectivity index is 2.20. The van der Waals surface area contributed by atoms with E-state index < -0.39 is 0 Å². The van der Waals surface area contributed by atoms with Gasteiger partial charge in [-0.05, 0) is 56.4 Å². The average Bonchev–Trinajstić information content (AvgIpc) is 3.38. The molecule has 1 aliphatic heterocycles. The lowest BCUT2D eigenvalue weighted by molar-refractivity contribution is 0.0872. The highest BCUT2D eigenvalue weighted by Gasteiger charge is 2.38. The van der Waals surface area contributed by atoms with Crippen molar-refractivity contribution in [3.05, 3.63) is 53.1 Å². The van der Waals surface area contributed by atoms with Gasteiger partial charge in [-0.3, -0.25) is 4.79 Å². The van der Waals surface area contributed by atoms with Gasteiger partial charge in [0.2, 0.25) is 0 Å². The molecule has 4 nitrogen and oxygen atoms in total. The number of phenols is 2. The van der Waals surface area contributed by atoms with Crippen LogP contribution in [0.4, 0.5) is 0 Å². The largest absolute Gasteiger partial charge is 0.507 e. The molecule has 0 aromatic heterocycles. The zero-order valence-electron chi connectivity index (χ0n) is 17.9. The number of benzene rings is 2. The fourth-order valence-corrected chi connectivity index (χ4v) is 3.88. The number of aromatic hydroxyl groups is 2. The highest BCUT2D eigenvalue weighted by atomic mass is 16.3. The van der Waals surface area contributed by atoms with Gasteiger partial charge < -0.3 is 15.1 Å². The lowest BCUT2D eigenvalue weighted by Crippen LogP contribution is -2.16. The first-order valence-corrected chi connectivity index (χ1v) is 10.4. The van der Waals surface area contributed by atoms with Gasteiger partial charge >= 0.3 is 0 Å². The van der Waals surface area contributed by atoms with Crippen LogP contribution >= 0.6 is 0 Å². The molecule has 0 saturated carbocycles. The third-order valence-corrected chi connectivity index (χ3v) is 5.65. The van der Waals surface area contributed by atoms with Gasteiger partial charge in [0.1, 0.15) is 11.5 Å². The molecule has 1 amide bonds. The molecule has 0 aliphatic carbocycles. The van der Waals surface area contributed by atoms with Gasteiger partial charge in [0.25, 0.3) is 5.91 Å². The summed E-state index contributed by atoms with van der Waals surface area (Å²) >= 11 is 0. The Morgan fingerprint density at radius 1 is 1.24 bits per heavy atom. The van der Waals surface area contributed by atoms with E-state index in [1.807, 2.05) is 39.0 Å². The van der Waals surface area contributed by atoms with Gasteiger partial charge in [0.15, 0.2) is 0 Å². The number of rotatable bonds is 7. The number of hydrogen-bond acceptors (Lipinski definition) is 3. The molecule has 0 bridgehead atoms. The van der Waals surface area contributed by atoms with E-state index in [0.29, 0.717) is 35.2 Å². The van der Waals surface area contributed by atoms with Crippen molar-refractivity contribution in [1.82, 2.24) is 4.90 Å². The molecule has 29 heavy (non-hydrogen) atoms.